The van der Waals surface area contributed by atoms with Gasteiger partial charge >= 0.3 is 0 Å². The molecule has 1 saturated heterocycles. The molecule has 4 rings (SSSR count). The van der Waals surface area contributed by atoms with Gasteiger partial charge in [-0.05, 0) is 67.5 Å². The molecule has 1 fully saturated rings. The van der Waals surface area contributed by atoms with Gasteiger partial charge in [-0.1, -0.05) is 30.3 Å². The van der Waals surface area contributed by atoms with Crippen molar-refractivity contribution in [3.63, 3.8) is 0 Å². The van der Waals surface area contributed by atoms with Gasteiger partial charge in [0.2, 0.25) is 20.0 Å². The van der Waals surface area contributed by atoms with Crippen LogP contribution in [0.2, 0.25) is 0 Å². The van der Waals surface area contributed by atoms with E-state index in [0.717, 1.165) is 22.3 Å². The summed E-state index contributed by atoms with van der Waals surface area (Å²) in [4.78, 5) is 0. The highest BCUT2D eigenvalue weighted by atomic mass is 32.2. The molecule has 1 aliphatic heterocycles. The van der Waals surface area contributed by atoms with Crippen LogP contribution in [0.1, 0.15) is 31.4 Å². The monoisotopic (exact) mass is 434 g/mol. The van der Waals surface area contributed by atoms with Crippen molar-refractivity contribution in [2.24, 2.45) is 0 Å². The minimum Gasteiger partial charge on any atom is -0.270 e. The average Bonchev–Trinajstić information content (AvgIpc) is 3.22. The SMILES string of the molecule is CC(C)S(=O)(=O)NC1Cc2ccc(-c3cccc(N4CCCS4(=O)=O)c3)cc2C1. The van der Waals surface area contributed by atoms with E-state index in [9.17, 15) is 16.8 Å². The molecule has 1 unspecified atom stereocenters. The Labute approximate surface area is 173 Å². The standard InChI is InChI=1S/C21H26N2O4S2/c1-15(2)29(26,27)22-20-12-18-8-7-17(11-19(18)13-20)16-5-3-6-21(14-16)23-9-4-10-28(23,24)25/h3,5-8,11,14-15,20,22H,4,9-10,12-13H2,1-2H3. The zero-order valence-corrected chi connectivity index (χ0v) is 18.3. The van der Waals surface area contributed by atoms with Crippen LogP contribution in [0.3, 0.4) is 0 Å². The van der Waals surface area contributed by atoms with Crippen molar-refractivity contribution in [1.82, 2.24) is 4.72 Å². The lowest BCUT2D eigenvalue weighted by Crippen LogP contribution is -2.39. The summed E-state index contributed by atoms with van der Waals surface area (Å²) in [5, 5.41) is -0.452. The molecule has 8 heteroatoms. The molecule has 0 amide bonds. The largest absolute Gasteiger partial charge is 0.270 e. The lowest BCUT2D eigenvalue weighted by Gasteiger charge is -2.18. The van der Waals surface area contributed by atoms with Gasteiger partial charge in [-0.25, -0.2) is 21.6 Å². The summed E-state index contributed by atoms with van der Waals surface area (Å²) in [5.41, 5.74) is 4.96. The van der Waals surface area contributed by atoms with Gasteiger partial charge in [0, 0.05) is 12.6 Å². The summed E-state index contributed by atoms with van der Waals surface area (Å²) in [6.07, 6.45) is 2.00. The highest BCUT2D eigenvalue weighted by Crippen LogP contribution is 2.32. The van der Waals surface area contributed by atoms with Crippen molar-refractivity contribution in [2.75, 3.05) is 16.6 Å². The number of fused-ring (bicyclic) bond motifs is 1. The van der Waals surface area contributed by atoms with Crippen molar-refractivity contribution < 1.29 is 16.8 Å². The van der Waals surface area contributed by atoms with Crippen LogP contribution in [-0.4, -0.2) is 40.4 Å². The molecule has 6 nitrogen and oxygen atoms in total. The van der Waals surface area contributed by atoms with Crippen molar-refractivity contribution in [1.29, 1.82) is 0 Å². The molecule has 0 saturated carbocycles. The Morgan fingerprint density at radius 3 is 2.45 bits per heavy atom. The number of nitrogens with zero attached hydrogens (tertiary/aromatic N) is 1. The Balaban J connectivity index is 1.57. The van der Waals surface area contributed by atoms with E-state index in [1.54, 1.807) is 13.8 Å². The maximum atomic E-state index is 12.2. The van der Waals surface area contributed by atoms with Gasteiger partial charge in [0.25, 0.3) is 0 Å². The Bertz CT molecular complexity index is 1140. The molecule has 2 aromatic rings. The van der Waals surface area contributed by atoms with E-state index in [-0.39, 0.29) is 11.8 Å². The molecule has 156 valence electrons. The second kappa shape index (κ2) is 7.41. The first-order chi connectivity index (χ1) is 13.7. The molecular formula is C21H26N2O4S2. The van der Waals surface area contributed by atoms with Gasteiger partial charge in [-0.15, -0.1) is 0 Å². The maximum absolute atomic E-state index is 12.2. The maximum Gasteiger partial charge on any atom is 0.235 e. The predicted octanol–water partition coefficient (Wildman–Crippen LogP) is 2.69. The molecule has 1 aliphatic carbocycles. The number of nitrogens with one attached hydrogen (secondary N) is 1. The molecular weight excluding hydrogens is 408 g/mol. The lowest BCUT2D eigenvalue weighted by atomic mass is 10.0. The van der Waals surface area contributed by atoms with E-state index in [0.29, 0.717) is 31.5 Å². The van der Waals surface area contributed by atoms with Crippen LogP contribution >= 0.6 is 0 Å². The third-order valence-electron chi connectivity index (χ3n) is 5.66. The summed E-state index contributed by atoms with van der Waals surface area (Å²) < 4.78 is 53.1. The van der Waals surface area contributed by atoms with E-state index >= 15 is 0 Å². The third kappa shape index (κ3) is 4.06. The quantitative estimate of drug-likeness (QED) is 0.784. The molecule has 2 aliphatic rings. The smallest absolute Gasteiger partial charge is 0.235 e. The van der Waals surface area contributed by atoms with E-state index in [1.807, 2.05) is 36.4 Å². The molecule has 0 aromatic heterocycles. The van der Waals surface area contributed by atoms with Gasteiger partial charge in [0.15, 0.2) is 0 Å². The fourth-order valence-electron chi connectivity index (χ4n) is 4.02. The van der Waals surface area contributed by atoms with Crippen molar-refractivity contribution in [3.8, 4) is 11.1 Å². The van der Waals surface area contributed by atoms with E-state index in [1.165, 1.54) is 4.31 Å². The van der Waals surface area contributed by atoms with Crippen LogP contribution in [0, 0.1) is 0 Å². The normalized spacial score (nSPS) is 20.9. The fourth-order valence-corrected chi connectivity index (χ4v) is 6.48. The second-order valence-corrected chi connectivity index (χ2v) is 12.4. The zero-order valence-electron chi connectivity index (χ0n) is 16.6. The van der Waals surface area contributed by atoms with Crippen molar-refractivity contribution >= 4 is 25.7 Å². The van der Waals surface area contributed by atoms with E-state index < -0.39 is 25.3 Å². The van der Waals surface area contributed by atoms with Crippen molar-refractivity contribution in [3.05, 3.63) is 53.6 Å². The number of hydrogen-bond donors (Lipinski definition) is 1. The minimum absolute atomic E-state index is 0.117. The van der Waals surface area contributed by atoms with Gasteiger partial charge in [-0.3, -0.25) is 4.31 Å². The summed E-state index contributed by atoms with van der Waals surface area (Å²) in [6, 6.07) is 13.6. The Kier molecular flexibility index (Phi) is 5.21. The number of rotatable bonds is 5. The highest BCUT2D eigenvalue weighted by molar-refractivity contribution is 7.93. The van der Waals surface area contributed by atoms with Gasteiger partial charge in [0.05, 0.1) is 16.7 Å². The Hall–Kier alpha value is -1.90. The second-order valence-electron chi connectivity index (χ2n) is 8.09. The molecule has 0 bridgehead atoms. The van der Waals surface area contributed by atoms with Gasteiger partial charge in [-0.2, -0.15) is 0 Å². The van der Waals surface area contributed by atoms with Crippen LogP contribution in [0.15, 0.2) is 42.5 Å². The van der Waals surface area contributed by atoms with E-state index in [4.69, 9.17) is 0 Å². The molecule has 0 spiro atoms. The number of hydrogen-bond acceptors (Lipinski definition) is 4. The Morgan fingerprint density at radius 1 is 1.03 bits per heavy atom. The van der Waals surface area contributed by atoms with Crippen LogP contribution in [0.4, 0.5) is 5.69 Å². The average molecular weight is 435 g/mol. The van der Waals surface area contributed by atoms with Gasteiger partial charge in [0.1, 0.15) is 0 Å². The van der Waals surface area contributed by atoms with Crippen LogP contribution in [0.5, 0.6) is 0 Å². The Morgan fingerprint density at radius 2 is 1.76 bits per heavy atom. The van der Waals surface area contributed by atoms with Crippen LogP contribution < -0.4 is 9.03 Å². The molecule has 29 heavy (non-hydrogen) atoms. The lowest BCUT2D eigenvalue weighted by molar-refractivity contribution is 0.547. The summed E-state index contributed by atoms with van der Waals surface area (Å²) in [7, 11) is -6.51. The van der Waals surface area contributed by atoms with Gasteiger partial charge < -0.3 is 0 Å². The van der Waals surface area contributed by atoms with Crippen LogP contribution in [0.25, 0.3) is 11.1 Å². The predicted molar refractivity (Wildman–Crippen MR) is 116 cm³/mol. The van der Waals surface area contributed by atoms with Crippen molar-refractivity contribution in [2.45, 2.75) is 44.4 Å². The number of benzene rings is 2. The third-order valence-corrected chi connectivity index (χ3v) is 9.43. The number of anilines is 1. The fraction of sp³-hybridized carbons (Fsp3) is 0.429. The first kappa shape index (κ1) is 20.4. The summed E-state index contributed by atoms with van der Waals surface area (Å²) in [5.74, 6) is 0.198. The summed E-state index contributed by atoms with van der Waals surface area (Å²) in [6.45, 7) is 3.87. The molecule has 1 atom stereocenters. The minimum atomic E-state index is -3.30. The summed E-state index contributed by atoms with van der Waals surface area (Å²) >= 11 is 0. The zero-order chi connectivity index (χ0) is 20.8. The first-order valence-corrected chi connectivity index (χ1v) is 13.0. The topological polar surface area (TPSA) is 83.6 Å². The highest BCUT2D eigenvalue weighted by Gasteiger charge is 2.29. The molecule has 1 N–H and O–H groups in total. The molecule has 1 heterocycles. The molecule has 2 aromatic carbocycles. The molecule has 0 radical (unpaired) electrons. The van der Waals surface area contributed by atoms with Crippen LogP contribution in [-0.2, 0) is 32.9 Å². The number of sulfonamides is 2. The van der Waals surface area contributed by atoms with E-state index in [2.05, 4.69) is 10.8 Å². The first-order valence-electron chi connectivity index (χ1n) is 9.89.